The SMILES string of the molecule is CC(N)CCCC(=O)NC1CCCC(C)C1. The second kappa shape index (κ2) is 6.89. The van der Waals surface area contributed by atoms with Crippen molar-refractivity contribution >= 4 is 5.91 Å². The molecule has 94 valence electrons. The highest BCUT2D eigenvalue weighted by Crippen LogP contribution is 2.23. The van der Waals surface area contributed by atoms with E-state index in [9.17, 15) is 4.79 Å². The number of rotatable bonds is 5. The molecule has 1 rings (SSSR count). The molecular weight excluding hydrogens is 200 g/mol. The van der Waals surface area contributed by atoms with Crippen molar-refractivity contribution in [3.8, 4) is 0 Å². The van der Waals surface area contributed by atoms with E-state index >= 15 is 0 Å². The Balaban J connectivity index is 2.13. The minimum Gasteiger partial charge on any atom is -0.353 e. The number of amides is 1. The molecule has 3 N–H and O–H groups in total. The Morgan fingerprint density at radius 1 is 1.50 bits per heavy atom. The van der Waals surface area contributed by atoms with Crippen LogP contribution in [0.2, 0.25) is 0 Å². The minimum atomic E-state index is 0.208. The predicted octanol–water partition coefficient (Wildman–Crippen LogP) is 2.20. The summed E-state index contributed by atoms with van der Waals surface area (Å²) in [5, 5.41) is 3.14. The molecule has 0 aromatic carbocycles. The van der Waals surface area contributed by atoms with E-state index in [0.29, 0.717) is 12.5 Å². The maximum Gasteiger partial charge on any atom is 0.220 e. The van der Waals surface area contributed by atoms with Gasteiger partial charge in [0.15, 0.2) is 0 Å². The molecule has 0 aliphatic heterocycles. The first kappa shape index (κ1) is 13.5. The Morgan fingerprint density at radius 3 is 2.88 bits per heavy atom. The zero-order chi connectivity index (χ0) is 12.0. The first-order valence-electron chi connectivity index (χ1n) is 6.63. The lowest BCUT2D eigenvalue weighted by molar-refractivity contribution is -0.122. The fraction of sp³-hybridized carbons (Fsp3) is 0.923. The van der Waals surface area contributed by atoms with Gasteiger partial charge in [0, 0.05) is 18.5 Å². The summed E-state index contributed by atoms with van der Waals surface area (Å²) < 4.78 is 0. The van der Waals surface area contributed by atoms with Crippen LogP contribution in [0.25, 0.3) is 0 Å². The third kappa shape index (κ3) is 5.50. The fourth-order valence-electron chi connectivity index (χ4n) is 2.45. The van der Waals surface area contributed by atoms with Gasteiger partial charge in [-0.25, -0.2) is 0 Å². The average Bonchev–Trinajstić information content (AvgIpc) is 2.16. The Bertz CT molecular complexity index is 216. The summed E-state index contributed by atoms with van der Waals surface area (Å²) in [4.78, 5) is 11.6. The smallest absolute Gasteiger partial charge is 0.220 e. The van der Waals surface area contributed by atoms with Gasteiger partial charge in [0.05, 0.1) is 0 Å². The van der Waals surface area contributed by atoms with Gasteiger partial charge in [0.1, 0.15) is 0 Å². The summed E-state index contributed by atoms with van der Waals surface area (Å²) in [5.41, 5.74) is 5.65. The van der Waals surface area contributed by atoms with Crippen molar-refractivity contribution in [1.82, 2.24) is 5.32 Å². The van der Waals surface area contributed by atoms with Gasteiger partial charge in [-0.3, -0.25) is 4.79 Å². The van der Waals surface area contributed by atoms with Crippen LogP contribution in [0, 0.1) is 5.92 Å². The first-order chi connectivity index (χ1) is 7.58. The number of nitrogens with two attached hydrogens (primary N) is 1. The fourth-order valence-corrected chi connectivity index (χ4v) is 2.45. The summed E-state index contributed by atoms with van der Waals surface area (Å²) in [6, 6.07) is 0.633. The third-order valence-electron chi connectivity index (χ3n) is 3.36. The van der Waals surface area contributed by atoms with Gasteiger partial charge >= 0.3 is 0 Å². The van der Waals surface area contributed by atoms with Crippen LogP contribution < -0.4 is 11.1 Å². The van der Waals surface area contributed by atoms with Crippen molar-refractivity contribution < 1.29 is 4.79 Å². The molecule has 3 atom stereocenters. The van der Waals surface area contributed by atoms with Crippen LogP contribution in [-0.2, 0) is 4.79 Å². The van der Waals surface area contributed by atoms with Crippen LogP contribution in [0.5, 0.6) is 0 Å². The van der Waals surface area contributed by atoms with E-state index < -0.39 is 0 Å². The second-order valence-electron chi connectivity index (χ2n) is 5.41. The summed E-state index contributed by atoms with van der Waals surface area (Å²) in [6.07, 6.45) is 7.36. The lowest BCUT2D eigenvalue weighted by atomic mass is 9.87. The van der Waals surface area contributed by atoms with E-state index in [4.69, 9.17) is 5.73 Å². The summed E-state index contributed by atoms with van der Waals surface area (Å²) in [5.74, 6) is 0.975. The van der Waals surface area contributed by atoms with Crippen LogP contribution in [0.4, 0.5) is 0 Å². The highest BCUT2D eigenvalue weighted by atomic mass is 16.1. The molecule has 0 aromatic heterocycles. The normalized spacial score (nSPS) is 27.4. The lowest BCUT2D eigenvalue weighted by Gasteiger charge is -2.27. The molecule has 1 saturated carbocycles. The molecule has 0 bridgehead atoms. The Hall–Kier alpha value is -0.570. The van der Waals surface area contributed by atoms with Gasteiger partial charge in [0.2, 0.25) is 5.91 Å². The summed E-state index contributed by atoms with van der Waals surface area (Å²) in [7, 11) is 0. The van der Waals surface area contributed by atoms with E-state index in [2.05, 4.69) is 12.2 Å². The summed E-state index contributed by atoms with van der Waals surface area (Å²) in [6.45, 7) is 4.26. The van der Waals surface area contributed by atoms with E-state index in [0.717, 1.165) is 31.6 Å². The maximum atomic E-state index is 11.6. The van der Waals surface area contributed by atoms with Crippen LogP contribution >= 0.6 is 0 Å². The van der Waals surface area contributed by atoms with Gasteiger partial charge in [-0.2, -0.15) is 0 Å². The molecule has 1 aliphatic rings. The second-order valence-corrected chi connectivity index (χ2v) is 5.41. The van der Waals surface area contributed by atoms with Crippen molar-refractivity contribution in [2.24, 2.45) is 11.7 Å². The summed E-state index contributed by atoms with van der Waals surface area (Å²) >= 11 is 0. The monoisotopic (exact) mass is 226 g/mol. The Kier molecular flexibility index (Phi) is 5.81. The molecule has 0 saturated heterocycles. The van der Waals surface area contributed by atoms with Crippen molar-refractivity contribution in [3.05, 3.63) is 0 Å². The molecule has 3 nitrogen and oxygen atoms in total. The predicted molar refractivity (Wildman–Crippen MR) is 67.1 cm³/mol. The van der Waals surface area contributed by atoms with Crippen LogP contribution in [-0.4, -0.2) is 18.0 Å². The van der Waals surface area contributed by atoms with E-state index in [1.807, 2.05) is 6.92 Å². The molecule has 1 amide bonds. The minimum absolute atomic E-state index is 0.208. The average molecular weight is 226 g/mol. The Labute approximate surface area is 99.2 Å². The van der Waals surface area contributed by atoms with Crippen molar-refractivity contribution in [2.45, 2.75) is 70.9 Å². The number of nitrogens with one attached hydrogen (secondary N) is 1. The zero-order valence-corrected chi connectivity index (χ0v) is 10.7. The van der Waals surface area contributed by atoms with Crippen LogP contribution in [0.3, 0.4) is 0 Å². The number of hydrogen-bond donors (Lipinski definition) is 2. The van der Waals surface area contributed by atoms with Gasteiger partial charge in [-0.05, 0) is 38.5 Å². The highest BCUT2D eigenvalue weighted by molar-refractivity contribution is 5.76. The topological polar surface area (TPSA) is 55.1 Å². The molecular formula is C13H26N2O. The van der Waals surface area contributed by atoms with E-state index in [1.54, 1.807) is 0 Å². The van der Waals surface area contributed by atoms with Crippen molar-refractivity contribution in [2.75, 3.05) is 0 Å². The largest absolute Gasteiger partial charge is 0.353 e. The molecule has 16 heavy (non-hydrogen) atoms. The van der Waals surface area contributed by atoms with Crippen molar-refractivity contribution in [3.63, 3.8) is 0 Å². The quantitative estimate of drug-likeness (QED) is 0.755. The number of hydrogen-bond acceptors (Lipinski definition) is 2. The number of carbonyl (C=O) groups is 1. The van der Waals surface area contributed by atoms with Crippen molar-refractivity contribution in [1.29, 1.82) is 0 Å². The molecule has 0 aromatic rings. The zero-order valence-electron chi connectivity index (χ0n) is 10.7. The molecule has 1 aliphatic carbocycles. The highest BCUT2D eigenvalue weighted by Gasteiger charge is 2.19. The van der Waals surface area contributed by atoms with Crippen LogP contribution in [0.1, 0.15) is 58.8 Å². The van der Waals surface area contributed by atoms with Gasteiger partial charge in [0.25, 0.3) is 0 Å². The standard InChI is InChI=1S/C13H26N2O/c1-10-5-3-7-12(9-10)15-13(16)8-4-6-11(2)14/h10-12H,3-9,14H2,1-2H3,(H,15,16). The van der Waals surface area contributed by atoms with Gasteiger partial charge in [-0.1, -0.05) is 19.8 Å². The Morgan fingerprint density at radius 2 is 2.25 bits per heavy atom. The molecule has 0 radical (unpaired) electrons. The molecule has 0 heterocycles. The van der Waals surface area contributed by atoms with Gasteiger partial charge < -0.3 is 11.1 Å². The van der Waals surface area contributed by atoms with Crippen LogP contribution in [0.15, 0.2) is 0 Å². The van der Waals surface area contributed by atoms with E-state index in [-0.39, 0.29) is 11.9 Å². The number of carbonyl (C=O) groups excluding carboxylic acids is 1. The molecule has 3 heteroatoms. The molecule has 0 spiro atoms. The molecule has 3 unspecified atom stereocenters. The maximum absolute atomic E-state index is 11.6. The lowest BCUT2D eigenvalue weighted by Crippen LogP contribution is -2.37. The first-order valence-corrected chi connectivity index (χ1v) is 6.63. The van der Waals surface area contributed by atoms with E-state index in [1.165, 1.54) is 12.8 Å². The third-order valence-corrected chi connectivity index (χ3v) is 3.36. The molecule has 1 fully saturated rings. The van der Waals surface area contributed by atoms with Gasteiger partial charge in [-0.15, -0.1) is 0 Å².